The van der Waals surface area contributed by atoms with Gasteiger partial charge in [0.15, 0.2) is 5.78 Å². The van der Waals surface area contributed by atoms with Crippen LogP contribution in [0.4, 0.5) is 5.69 Å². The van der Waals surface area contributed by atoms with E-state index in [0.717, 1.165) is 13.2 Å². The van der Waals surface area contributed by atoms with Gasteiger partial charge in [0, 0.05) is 6.07 Å². The van der Waals surface area contributed by atoms with Gasteiger partial charge in [-0.25, -0.2) is 4.79 Å². The molecule has 0 fully saturated rings. The van der Waals surface area contributed by atoms with Gasteiger partial charge < -0.3 is 4.74 Å². The molecular formula is C12H11NO5. The summed E-state index contributed by atoms with van der Waals surface area (Å²) in [4.78, 5) is 32.9. The van der Waals surface area contributed by atoms with Crippen LogP contribution in [0.25, 0.3) is 6.08 Å². The largest absolute Gasteiger partial charge is 0.465 e. The van der Waals surface area contributed by atoms with Crippen LogP contribution < -0.4 is 0 Å². The molecule has 0 aromatic heterocycles. The van der Waals surface area contributed by atoms with Gasteiger partial charge in [-0.15, -0.1) is 0 Å². The Morgan fingerprint density at radius 2 is 1.94 bits per heavy atom. The molecule has 0 heterocycles. The fraction of sp³-hybridized carbons (Fsp3) is 0.167. The second kappa shape index (κ2) is 5.72. The molecule has 0 unspecified atom stereocenters. The third-order valence-corrected chi connectivity index (χ3v) is 2.22. The summed E-state index contributed by atoms with van der Waals surface area (Å²) in [6.45, 7) is 1.19. The van der Waals surface area contributed by atoms with E-state index in [1.165, 1.54) is 25.1 Å². The van der Waals surface area contributed by atoms with Crippen LogP contribution in [0.1, 0.15) is 12.5 Å². The number of ketones is 1. The van der Waals surface area contributed by atoms with E-state index in [0.29, 0.717) is 0 Å². The smallest absolute Gasteiger partial charge is 0.341 e. The average Bonchev–Trinajstić information content (AvgIpc) is 2.34. The predicted molar refractivity (Wildman–Crippen MR) is 63.8 cm³/mol. The van der Waals surface area contributed by atoms with Crippen LogP contribution >= 0.6 is 0 Å². The number of ether oxygens (including phenoxy) is 1. The van der Waals surface area contributed by atoms with E-state index in [2.05, 4.69) is 4.74 Å². The Balaban J connectivity index is 3.33. The molecule has 1 aromatic rings. The molecule has 0 bridgehead atoms. The highest BCUT2D eigenvalue weighted by molar-refractivity contribution is 6.19. The van der Waals surface area contributed by atoms with Gasteiger partial charge in [-0.1, -0.05) is 12.1 Å². The summed E-state index contributed by atoms with van der Waals surface area (Å²) in [5, 5.41) is 10.8. The molecule has 1 rings (SSSR count). The van der Waals surface area contributed by atoms with Crippen LogP contribution in [0.3, 0.4) is 0 Å². The number of hydrogen-bond acceptors (Lipinski definition) is 5. The molecule has 0 amide bonds. The van der Waals surface area contributed by atoms with E-state index < -0.39 is 16.7 Å². The summed E-state index contributed by atoms with van der Waals surface area (Å²) in [6, 6.07) is 5.82. The maximum atomic E-state index is 11.4. The van der Waals surface area contributed by atoms with Crippen LogP contribution in [0.5, 0.6) is 0 Å². The average molecular weight is 249 g/mol. The first-order valence-electron chi connectivity index (χ1n) is 5.01. The minimum Gasteiger partial charge on any atom is -0.465 e. The number of hydrogen-bond donors (Lipinski definition) is 0. The van der Waals surface area contributed by atoms with Crippen molar-refractivity contribution in [1.29, 1.82) is 0 Å². The molecule has 6 nitrogen and oxygen atoms in total. The molecular weight excluding hydrogens is 238 g/mol. The number of Topliss-reactive ketones (excluding diaryl/α,β-unsaturated/α-hetero) is 1. The first kappa shape index (κ1) is 13.6. The second-order valence-corrected chi connectivity index (χ2v) is 3.42. The lowest BCUT2D eigenvalue weighted by atomic mass is 10.1. The van der Waals surface area contributed by atoms with Gasteiger partial charge in [-0.05, 0) is 19.1 Å². The molecule has 18 heavy (non-hydrogen) atoms. The van der Waals surface area contributed by atoms with Crippen molar-refractivity contribution in [3.8, 4) is 0 Å². The van der Waals surface area contributed by atoms with E-state index >= 15 is 0 Å². The molecule has 0 saturated heterocycles. The predicted octanol–water partition coefficient (Wildman–Crippen LogP) is 1.74. The Kier molecular flexibility index (Phi) is 4.31. The molecule has 0 saturated carbocycles. The third-order valence-electron chi connectivity index (χ3n) is 2.22. The van der Waals surface area contributed by atoms with Crippen molar-refractivity contribution in [2.24, 2.45) is 0 Å². The number of esters is 1. The topological polar surface area (TPSA) is 86.5 Å². The number of benzene rings is 1. The van der Waals surface area contributed by atoms with E-state index in [1.807, 2.05) is 0 Å². The number of para-hydroxylation sites is 1. The van der Waals surface area contributed by atoms with E-state index in [9.17, 15) is 19.7 Å². The summed E-state index contributed by atoms with van der Waals surface area (Å²) >= 11 is 0. The van der Waals surface area contributed by atoms with Crippen LogP contribution in [0, 0.1) is 10.1 Å². The molecule has 0 radical (unpaired) electrons. The highest BCUT2D eigenvalue weighted by atomic mass is 16.6. The molecule has 0 N–H and O–H groups in total. The lowest BCUT2D eigenvalue weighted by Gasteiger charge is -2.02. The Labute approximate surface area is 103 Å². The molecule has 1 aromatic carbocycles. The van der Waals surface area contributed by atoms with E-state index in [4.69, 9.17) is 0 Å². The quantitative estimate of drug-likeness (QED) is 0.202. The van der Waals surface area contributed by atoms with Crippen molar-refractivity contribution in [2.75, 3.05) is 7.11 Å². The summed E-state index contributed by atoms with van der Waals surface area (Å²) in [7, 11) is 1.14. The van der Waals surface area contributed by atoms with E-state index in [-0.39, 0.29) is 16.8 Å². The van der Waals surface area contributed by atoms with E-state index in [1.54, 1.807) is 6.07 Å². The second-order valence-electron chi connectivity index (χ2n) is 3.42. The summed E-state index contributed by atoms with van der Waals surface area (Å²) in [6.07, 6.45) is 1.16. The highest BCUT2D eigenvalue weighted by Crippen LogP contribution is 2.21. The monoisotopic (exact) mass is 249 g/mol. The molecule has 94 valence electrons. The fourth-order valence-electron chi connectivity index (χ4n) is 1.35. The number of nitro groups is 1. The summed E-state index contributed by atoms with van der Waals surface area (Å²) in [5.41, 5.74) is -0.231. The van der Waals surface area contributed by atoms with Gasteiger partial charge in [-0.3, -0.25) is 14.9 Å². The van der Waals surface area contributed by atoms with Gasteiger partial charge in [0.2, 0.25) is 0 Å². The lowest BCUT2D eigenvalue weighted by molar-refractivity contribution is -0.385. The number of nitro benzene ring substituents is 1. The summed E-state index contributed by atoms with van der Waals surface area (Å²) in [5.74, 6) is -1.33. The van der Waals surface area contributed by atoms with Gasteiger partial charge in [0.05, 0.1) is 17.6 Å². The van der Waals surface area contributed by atoms with Gasteiger partial charge in [0.25, 0.3) is 5.69 Å². The molecule has 0 spiro atoms. The highest BCUT2D eigenvalue weighted by Gasteiger charge is 2.18. The van der Waals surface area contributed by atoms with Crippen LogP contribution in [0.2, 0.25) is 0 Å². The first-order valence-corrected chi connectivity index (χ1v) is 5.01. The van der Waals surface area contributed by atoms with Gasteiger partial charge >= 0.3 is 5.97 Å². The Morgan fingerprint density at radius 1 is 1.33 bits per heavy atom. The standard InChI is InChI=1S/C12H11NO5/c1-8(14)10(12(15)18-2)7-9-5-3-4-6-11(9)13(16)17/h3-7H,1-2H3. The molecule has 0 aliphatic heterocycles. The maximum Gasteiger partial charge on any atom is 0.341 e. The Bertz CT molecular complexity index is 533. The number of nitrogens with zero attached hydrogens (tertiary/aromatic N) is 1. The van der Waals surface area contributed by atoms with Crippen molar-refractivity contribution in [2.45, 2.75) is 6.92 Å². The molecule has 0 aliphatic rings. The minimum absolute atomic E-state index is 0.179. The van der Waals surface area contributed by atoms with Crippen molar-refractivity contribution in [3.63, 3.8) is 0 Å². The zero-order valence-electron chi connectivity index (χ0n) is 9.88. The molecule has 0 atom stereocenters. The number of carbonyl (C=O) groups is 2. The molecule has 0 aliphatic carbocycles. The van der Waals surface area contributed by atoms with Crippen molar-refractivity contribution in [1.82, 2.24) is 0 Å². The van der Waals surface area contributed by atoms with Crippen molar-refractivity contribution in [3.05, 3.63) is 45.5 Å². The normalized spacial score (nSPS) is 10.9. The van der Waals surface area contributed by atoms with Crippen molar-refractivity contribution < 1.29 is 19.2 Å². The number of methoxy groups -OCH3 is 1. The SMILES string of the molecule is COC(=O)C(=Cc1ccccc1[N+](=O)[O-])C(C)=O. The number of carbonyl (C=O) groups excluding carboxylic acids is 2. The minimum atomic E-state index is -0.819. The van der Waals surface area contributed by atoms with Crippen molar-refractivity contribution >= 4 is 23.5 Å². The zero-order chi connectivity index (χ0) is 13.7. The van der Waals surface area contributed by atoms with Gasteiger partial charge in [0.1, 0.15) is 5.57 Å². The zero-order valence-corrected chi connectivity index (χ0v) is 9.88. The Hall–Kier alpha value is -2.50. The number of rotatable bonds is 4. The Morgan fingerprint density at radius 3 is 2.44 bits per heavy atom. The maximum absolute atomic E-state index is 11.4. The van der Waals surface area contributed by atoms with Gasteiger partial charge in [-0.2, -0.15) is 0 Å². The summed E-state index contributed by atoms with van der Waals surface area (Å²) < 4.78 is 4.45. The van der Waals surface area contributed by atoms with Crippen LogP contribution in [-0.2, 0) is 14.3 Å². The molecule has 6 heteroatoms. The van der Waals surface area contributed by atoms with Crippen LogP contribution in [-0.4, -0.2) is 23.8 Å². The lowest BCUT2D eigenvalue weighted by Crippen LogP contribution is -2.11. The first-order chi connectivity index (χ1) is 8.47. The van der Waals surface area contributed by atoms with Crippen LogP contribution in [0.15, 0.2) is 29.8 Å². The fourth-order valence-corrected chi connectivity index (χ4v) is 1.35. The third kappa shape index (κ3) is 3.00.